The molecule has 2 heterocycles. The molecule has 0 atom stereocenters. The van der Waals surface area contributed by atoms with Crippen LogP contribution in [0.4, 0.5) is 17.6 Å². The summed E-state index contributed by atoms with van der Waals surface area (Å²) in [7, 11) is 1.01. The Balaban J connectivity index is 2.29. The molecule has 136 valence electrons. The van der Waals surface area contributed by atoms with Gasteiger partial charge in [-0.2, -0.15) is 18.3 Å². The van der Waals surface area contributed by atoms with Gasteiger partial charge < -0.3 is 0 Å². The second kappa shape index (κ2) is 6.20. The third kappa shape index (κ3) is 2.96. The van der Waals surface area contributed by atoms with Gasteiger partial charge in [-0.15, -0.1) is 6.58 Å². The molecule has 0 aliphatic heterocycles. The number of aryl methyl sites for hydroxylation is 1. The van der Waals surface area contributed by atoms with Gasteiger partial charge in [-0.3, -0.25) is 18.8 Å². The van der Waals surface area contributed by atoms with Gasteiger partial charge in [0.15, 0.2) is 0 Å². The summed E-state index contributed by atoms with van der Waals surface area (Å²) >= 11 is 0.817. The zero-order chi connectivity index (χ0) is 19.2. The van der Waals surface area contributed by atoms with Crippen molar-refractivity contribution in [3.63, 3.8) is 0 Å². The smallest absolute Gasteiger partial charge is 0.295 e. The van der Waals surface area contributed by atoms with Gasteiger partial charge in [-0.05, 0) is 12.1 Å². The summed E-state index contributed by atoms with van der Waals surface area (Å²) in [5, 5.41) is 3.60. The standard InChI is InChI=1S/C16H11F4N3O2S/c1-3-4-23-10-5-8(9(17)6-12(10)26-15(23)25)14-11(24)7-13(16(18,19)20)22(2)21-14/h3,5-7H,1,4H2,2H3. The molecule has 3 rings (SSSR count). The third-order valence-electron chi connectivity index (χ3n) is 3.71. The van der Waals surface area contributed by atoms with E-state index in [9.17, 15) is 27.2 Å². The Hall–Kier alpha value is -2.75. The Morgan fingerprint density at radius 3 is 2.58 bits per heavy atom. The molecule has 0 aliphatic rings. The van der Waals surface area contributed by atoms with E-state index in [2.05, 4.69) is 11.7 Å². The van der Waals surface area contributed by atoms with E-state index in [4.69, 9.17) is 0 Å². The quantitative estimate of drug-likeness (QED) is 0.514. The lowest BCUT2D eigenvalue weighted by Crippen LogP contribution is -2.22. The minimum atomic E-state index is -4.76. The maximum Gasteiger partial charge on any atom is 0.433 e. The molecular formula is C16H11F4N3O2S. The van der Waals surface area contributed by atoms with E-state index >= 15 is 0 Å². The lowest BCUT2D eigenvalue weighted by atomic mass is 10.1. The van der Waals surface area contributed by atoms with E-state index in [-0.39, 0.29) is 17.0 Å². The molecule has 0 fully saturated rings. The first kappa shape index (κ1) is 18.1. The summed E-state index contributed by atoms with van der Waals surface area (Å²) in [5.74, 6) is -0.853. The number of aromatic nitrogens is 3. The van der Waals surface area contributed by atoms with Gasteiger partial charge >= 0.3 is 11.0 Å². The van der Waals surface area contributed by atoms with E-state index in [1.807, 2.05) is 0 Å². The van der Waals surface area contributed by atoms with E-state index in [1.54, 1.807) is 0 Å². The van der Waals surface area contributed by atoms with Crippen molar-refractivity contribution in [1.29, 1.82) is 0 Å². The number of hydrogen-bond acceptors (Lipinski definition) is 4. The van der Waals surface area contributed by atoms with Crippen LogP contribution in [0.5, 0.6) is 0 Å². The molecule has 0 N–H and O–H groups in total. The molecule has 0 amide bonds. The van der Waals surface area contributed by atoms with Gasteiger partial charge in [-0.1, -0.05) is 17.4 Å². The number of benzene rings is 1. The minimum Gasteiger partial charge on any atom is -0.295 e. The Morgan fingerprint density at radius 1 is 1.27 bits per heavy atom. The summed E-state index contributed by atoms with van der Waals surface area (Å²) in [4.78, 5) is 23.7. The molecule has 1 aromatic carbocycles. The van der Waals surface area contributed by atoms with Crippen LogP contribution in [0.3, 0.4) is 0 Å². The Labute approximate surface area is 147 Å². The van der Waals surface area contributed by atoms with Crippen LogP contribution in [-0.4, -0.2) is 14.3 Å². The predicted octanol–water partition coefficient (Wildman–Crippen LogP) is 3.17. The maximum absolute atomic E-state index is 14.4. The average Bonchev–Trinajstić information content (AvgIpc) is 2.83. The summed E-state index contributed by atoms with van der Waals surface area (Å²) in [6.45, 7) is 3.71. The fourth-order valence-corrected chi connectivity index (χ4v) is 3.47. The van der Waals surface area contributed by atoms with Gasteiger partial charge in [0.05, 0.1) is 10.2 Å². The fourth-order valence-electron chi connectivity index (χ4n) is 2.56. The highest BCUT2D eigenvalue weighted by molar-refractivity contribution is 7.16. The number of nitrogens with zero attached hydrogens (tertiary/aromatic N) is 3. The topological polar surface area (TPSA) is 56.9 Å². The molecule has 0 aliphatic carbocycles. The Bertz CT molecular complexity index is 1140. The Morgan fingerprint density at radius 2 is 1.96 bits per heavy atom. The molecule has 10 heteroatoms. The van der Waals surface area contributed by atoms with E-state index < -0.39 is 28.8 Å². The van der Waals surface area contributed by atoms with E-state index in [1.165, 1.54) is 16.7 Å². The van der Waals surface area contributed by atoms with Crippen LogP contribution in [0, 0.1) is 5.82 Å². The molecule has 2 aromatic heterocycles. The first-order chi connectivity index (χ1) is 12.1. The lowest BCUT2D eigenvalue weighted by molar-refractivity contribution is -0.144. The zero-order valence-corrected chi connectivity index (χ0v) is 14.1. The molecule has 3 aromatic rings. The van der Waals surface area contributed by atoms with Gasteiger partial charge in [0.1, 0.15) is 17.2 Å². The van der Waals surface area contributed by atoms with Crippen LogP contribution in [0.15, 0.2) is 40.4 Å². The second-order valence-corrected chi connectivity index (χ2v) is 6.42. The molecule has 0 unspecified atom stereocenters. The van der Waals surface area contributed by atoms with Gasteiger partial charge in [0, 0.05) is 25.2 Å². The second-order valence-electron chi connectivity index (χ2n) is 5.43. The van der Waals surface area contributed by atoms with Crippen LogP contribution < -0.4 is 10.3 Å². The van der Waals surface area contributed by atoms with Crippen LogP contribution in [0.2, 0.25) is 0 Å². The van der Waals surface area contributed by atoms with Crippen molar-refractivity contribution in [3.05, 3.63) is 62.3 Å². The number of rotatable bonds is 3. The number of hydrogen-bond donors (Lipinski definition) is 0. The molecule has 0 radical (unpaired) electrons. The van der Waals surface area contributed by atoms with Gasteiger partial charge in [0.25, 0.3) is 0 Å². The van der Waals surface area contributed by atoms with Crippen LogP contribution >= 0.6 is 11.3 Å². The third-order valence-corrected chi connectivity index (χ3v) is 4.66. The Kier molecular flexibility index (Phi) is 4.31. The summed E-state index contributed by atoms with van der Waals surface area (Å²) in [6, 6.07) is 2.68. The highest BCUT2D eigenvalue weighted by Crippen LogP contribution is 2.30. The van der Waals surface area contributed by atoms with Crippen molar-refractivity contribution >= 4 is 21.6 Å². The lowest BCUT2D eigenvalue weighted by Gasteiger charge is -2.12. The molecule has 26 heavy (non-hydrogen) atoms. The number of alkyl halides is 3. The highest BCUT2D eigenvalue weighted by atomic mass is 32.1. The van der Waals surface area contributed by atoms with Crippen molar-refractivity contribution in [2.75, 3.05) is 0 Å². The normalized spacial score (nSPS) is 11.9. The van der Waals surface area contributed by atoms with Crippen molar-refractivity contribution in [3.8, 4) is 11.3 Å². The average molecular weight is 385 g/mol. The monoisotopic (exact) mass is 385 g/mol. The van der Waals surface area contributed by atoms with Crippen molar-refractivity contribution in [2.24, 2.45) is 7.05 Å². The largest absolute Gasteiger partial charge is 0.433 e. The minimum absolute atomic E-state index is 0.169. The van der Waals surface area contributed by atoms with E-state index in [0.29, 0.717) is 21.0 Å². The van der Waals surface area contributed by atoms with Gasteiger partial charge in [0.2, 0.25) is 5.43 Å². The zero-order valence-electron chi connectivity index (χ0n) is 13.3. The van der Waals surface area contributed by atoms with Crippen molar-refractivity contribution < 1.29 is 17.6 Å². The number of thiazole rings is 1. The summed E-state index contributed by atoms with van der Waals surface area (Å²) < 4.78 is 55.2. The number of allylic oxidation sites excluding steroid dienone is 1. The molecule has 5 nitrogen and oxygen atoms in total. The number of halogens is 4. The van der Waals surface area contributed by atoms with Crippen molar-refractivity contribution in [1.82, 2.24) is 14.3 Å². The first-order valence-corrected chi connectivity index (χ1v) is 8.05. The maximum atomic E-state index is 14.4. The number of fused-ring (bicyclic) bond motifs is 1. The molecular weight excluding hydrogens is 374 g/mol. The molecule has 0 spiro atoms. The highest BCUT2D eigenvalue weighted by Gasteiger charge is 2.34. The van der Waals surface area contributed by atoms with Crippen LogP contribution in [0.25, 0.3) is 21.5 Å². The fraction of sp³-hybridized carbons (Fsp3) is 0.188. The van der Waals surface area contributed by atoms with E-state index in [0.717, 1.165) is 24.5 Å². The summed E-state index contributed by atoms with van der Waals surface area (Å²) in [5.41, 5.74) is -2.71. The van der Waals surface area contributed by atoms with Crippen LogP contribution in [-0.2, 0) is 19.8 Å². The molecule has 0 saturated carbocycles. The summed E-state index contributed by atoms with van der Waals surface area (Å²) in [6.07, 6.45) is -3.29. The first-order valence-electron chi connectivity index (χ1n) is 7.23. The SMILES string of the molecule is C=CCn1c(=O)sc2cc(F)c(-c3nn(C)c(C(F)(F)F)cc3=O)cc21. The molecule has 0 saturated heterocycles. The predicted molar refractivity (Wildman–Crippen MR) is 89.7 cm³/mol. The van der Waals surface area contributed by atoms with Crippen molar-refractivity contribution in [2.45, 2.75) is 12.7 Å². The molecule has 0 bridgehead atoms. The van der Waals surface area contributed by atoms with Gasteiger partial charge in [-0.25, -0.2) is 4.39 Å². The van der Waals surface area contributed by atoms with Crippen LogP contribution in [0.1, 0.15) is 5.69 Å².